The molecule has 0 saturated heterocycles. The van der Waals surface area contributed by atoms with Gasteiger partial charge < -0.3 is 40.7 Å². The van der Waals surface area contributed by atoms with Crippen LogP contribution in [0, 0.1) is 6.92 Å². The van der Waals surface area contributed by atoms with Crippen LogP contribution in [0.5, 0.6) is 28.9 Å². The Labute approximate surface area is 360 Å². The number of amides is 1. The van der Waals surface area contributed by atoms with E-state index in [4.69, 9.17) is 15.2 Å². The highest BCUT2D eigenvalue weighted by atomic mass is 32.2. The number of primary amides is 1. The Kier molecular flexibility index (Phi) is 14.1. The molecule has 0 aliphatic rings. The van der Waals surface area contributed by atoms with Crippen molar-refractivity contribution in [3.63, 3.8) is 0 Å². The molecule has 0 radical (unpaired) electrons. The third-order valence-electron chi connectivity index (χ3n) is 8.65. The molecule has 1 heterocycles. The van der Waals surface area contributed by atoms with Crippen molar-refractivity contribution in [3.8, 4) is 28.9 Å². The summed E-state index contributed by atoms with van der Waals surface area (Å²) >= 11 is 0. The lowest BCUT2D eigenvalue weighted by Gasteiger charge is -2.13. The molecule has 4 aromatic carbocycles. The number of aliphatic hydroxyl groups excluding tert-OH is 2. The Morgan fingerprint density at radius 3 is 1.77 bits per heavy atom. The third-order valence-corrected chi connectivity index (χ3v) is 11.2. The van der Waals surface area contributed by atoms with Crippen molar-refractivity contribution < 1.29 is 78.7 Å². The summed E-state index contributed by atoms with van der Waals surface area (Å²) in [6, 6.07) is 6.99. The van der Waals surface area contributed by atoms with E-state index in [-0.39, 0.29) is 40.7 Å². The zero-order valence-corrected chi connectivity index (χ0v) is 35.2. The van der Waals surface area contributed by atoms with E-state index < -0.39 is 134 Å². The molecule has 10 N–H and O–H groups in total. The molecular weight excluding hydrogens is 917 g/mol. The highest BCUT2D eigenvalue weighted by Crippen LogP contribution is 2.47. The number of aromatic nitrogens is 1. The molecule has 1 amide bonds. The first-order valence-corrected chi connectivity index (χ1v) is 22.0. The number of azo groups is 3. The molecule has 340 valence electrons. The van der Waals surface area contributed by atoms with Crippen LogP contribution in [-0.4, -0.2) is 101 Å². The normalized spacial score (nSPS) is 12.5. The molecule has 0 unspecified atom stereocenters. The molecular formula is C35H34N8O18S3. The van der Waals surface area contributed by atoms with Gasteiger partial charge in [-0.1, -0.05) is 0 Å². The van der Waals surface area contributed by atoms with Crippen molar-refractivity contribution in [1.82, 2.24) is 4.57 Å². The van der Waals surface area contributed by atoms with Crippen LogP contribution >= 0.6 is 0 Å². The third kappa shape index (κ3) is 10.3. The number of aromatic hydroxyl groups is 3. The van der Waals surface area contributed by atoms with Gasteiger partial charge >= 0.3 is 0 Å². The van der Waals surface area contributed by atoms with Gasteiger partial charge in [0.25, 0.3) is 41.8 Å². The van der Waals surface area contributed by atoms with E-state index in [0.29, 0.717) is 18.2 Å². The maximum atomic E-state index is 12.7. The lowest BCUT2D eigenvalue weighted by Crippen LogP contribution is -2.30. The van der Waals surface area contributed by atoms with Gasteiger partial charge in [0.2, 0.25) is 5.88 Å². The molecule has 64 heavy (non-hydrogen) atoms. The van der Waals surface area contributed by atoms with Gasteiger partial charge in [0, 0.05) is 30.3 Å². The van der Waals surface area contributed by atoms with Gasteiger partial charge in [0.1, 0.15) is 74.3 Å². The van der Waals surface area contributed by atoms with Crippen LogP contribution in [0.2, 0.25) is 0 Å². The van der Waals surface area contributed by atoms with Crippen LogP contribution in [0.15, 0.2) is 98.7 Å². The van der Waals surface area contributed by atoms with Gasteiger partial charge in [0.15, 0.2) is 5.75 Å². The predicted molar refractivity (Wildman–Crippen MR) is 219 cm³/mol. The second-order valence-electron chi connectivity index (χ2n) is 12.8. The highest BCUT2D eigenvalue weighted by Gasteiger charge is 2.27. The second-order valence-corrected chi connectivity index (χ2v) is 17.0. The van der Waals surface area contributed by atoms with Crippen LogP contribution in [0.3, 0.4) is 0 Å². The van der Waals surface area contributed by atoms with Gasteiger partial charge in [-0.05, 0) is 49.6 Å². The summed E-state index contributed by atoms with van der Waals surface area (Å²) in [6.07, 6.45) is 0. The number of carbonyl (C=O) groups excluding carboxylic acids is 1. The number of fused-ring (bicyclic) bond motifs is 1. The number of nitrogens with zero attached hydrogens (tertiary/aromatic N) is 7. The van der Waals surface area contributed by atoms with Crippen molar-refractivity contribution in [3.05, 3.63) is 70.0 Å². The summed E-state index contributed by atoms with van der Waals surface area (Å²) in [6.45, 7) is 0.664. The number of pyridine rings is 1. The minimum absolute atomic E-state index is 0.120. The van der Waals surface area contributed by atoms with E-state index in [1.807, 2.05) is 0 Å². The van der Waals surface area contributed by atoms with Gasteiger partial charge in [-0.3, -0.25) is 27.8 Å². The van der Waals surface area contributed by atoms with Gasteiger partial charge in [-0.15, -0.1) is 25.6 Å². The monoisotopic (exact) mass is 950 g/mol. The molecule has 26 nitrogen and oxygen atoms in total. The maximum absolute atomic E-state index is 12.7. The van der Waals surface area contributed by atoms with Gasteiger partial charge in [-0.25, -0.2) is 0 Å². The summed E-state index contributed by atoms with van der Waals surface area (Å²) in [5.74, 6) is -4.49. The summed E-state index contributed by atoms with van der Waals surface area (Å²) in [7, 11) is -15.3. The number of rotatable bonds is 17. The van der Waals surface area contributed by atoms with E-state index in [0.717, 1.165) is 34.9 Å². The quantitative estimate of drug-likeness (QED) is 0.0464. The van der Waals surface area contributed by atoms with E-state index in [2.05, 4.69) is 30.7 Å². The summed E-state index contributed by atoms with van der Waals surface area (Å²) in [4.78, 5) is 21.8. The number of nitrogens with two attached hydrogens (primary N) is 1. The Bertz CT molecular complexity index is 3210. The van der Waals surface area contributed by atoms with Crippen molar-refractivity contribution in [2.45, 2.75) is 35.1 Å². The Balaban J connectivity index is 1.62. The number of phenolic OH excluding ortho intramolecular Hbond substituents is 2. The molecule has 29 heteroatoms. The fraction of sp³-hybridized carbons (Fsp3) is 0.200. The molecule has 0 fully saturated rings. The summed E-state index contributed by atoms with van der Waals surface area (Å²) in [5.41, 5.74) is 1.01. The number of phenols is 2. The van der Waals surface area contributed by atoms with Crippen LogP contribution in [0.4, 0.5) is 34.1 Å². The lowest BCUT2D eigenvalue weighted by atomic mass is 10.1. The van der Waals surface area contributed by atoms with Crippen molar-refractivity contribution in [2.75, 3.05) is 26.4 Å². The summed E-state index contributed by atoms with van der Waals surface area (Å²) < 4.78 is 115. The van der Waals surface area contributed by atoms with Crippen LogP contribution in [-0.2, 0) is 36.9 Å². The maximum Gasteiger partial charge on any atom is 0.296 e. The fourth-order valence-electron chi connectivity index (χ4n) is 5.80. The SMILES string of the molecule is CCn1c(O)c(N=Nc2ccc(N=Nc3cc(OCCO)c(N=Nc4c(S(=O)(=O)O)cc5cc(S(=O)(=O)O)cc(O)c5c4O)cc3OCCO)cc2S(=O)(=O)O)c(C)c(C(N)=O)c1=O. The van der Waals surface area contributed by atoms with E-state index in [9.17, 15) is 74.0 Å². The molecule has 0 bridgehead atoms. The average molecular weight is 951 g/mol. The molecule has 0 aliphatic carbocycles. The van der Waals surface area contributed by atoms with E-state index in [1.165, 1.54) is 13.8 Å². The number of carbonyl (C=O) groups is 1. The zero-order valence-electron chi connectivity index (χ0n) is 32.7. The standard InChI is InChI=1S/C35H34N8O18S3/c1-3-43-34(49)28(33(36)48)16(2)30(35(43)50)41-38-20-5-4-18(12-26(20)63(54,55)56)37-39-21-14-25(61-9-7-45)22(15-24(21)60-8-6-44)40-42-31-27(64(57,58)59)11-17-10-19(62(51,52)53)13-23(46)29(17)32(31)47/h4-5,10-15,44-47,50H,3,6-9H2,1-2H3,(H2,36,48)(H,51,52,53)(H,54,55,56)(H,57,58,59). The highest BCUT2D eigenvalue weighted by molar-refractivity contribution is 7.86. The van der Waals surface area contributed by atoms with E-state index in [1.54, 1.807) is 0 Å². The Morgan fingerprint density at radius 2 is 1.25 bits per heavy atom. The van der Waals surface area contributed by atoms with Gasteiger partial charge in [-0.2, -0.15) is 30.4 Å². The minimum Gasteiger partial charge on any atom is -0.507 e. The first-order chi connectivity index (χ1) is 29.9. The van der Waals surface area contributed by atoms with Crippen LogP contribution < -0.4 is 20.8 Å². The fourth-order valence-corrected chi connectivity index (χ4v) is 7.64. The Hall–Kier alpha value is -6.99. The first-order valence-electron chi connectivity index (χ1n) is 17.7. The molecule has 5 rings (SSSR count). The number of benzene rings is 4. The largest absolute Gasteiger partial charge is 0.507 e. The number of ether oxygens (including phenoxy) is 2. The second kappa shape index (κ2) is 18.8. The number of aliphatic hydroxyl groups is 2. The molecule has 0 spiro atoms. The van der Waals surface area contributed by atoms with Crippen molar-refractivity contribution in [1.29, 1.82) is 0 Å². The average Bonchev–Trinajstić information content (AvgIpc) is 3.20. The van der Waals surface area contributed by atoms with Crippen molar-refractivity contribution in [2.24, 2.45) is 36.4 Å². The Morgan fingerprint density at radius 1 is 0.703 bits per heavy atom. The molecule has 5 aromatic rings. The topological polar surface area (TPSA) is 422 Å². The van der Waals surface area contributed by atoms with Crippen LogP contribution in [0.1, 0.15) is 22.8 Å². The van der Waals surface area contributed by atoms with Crippen LogP contribution in [0.25, 0.3) is 10.8 Å². The van der Waals surface area contributed by atoms with E-state index >= 15 is 0 Å². The zero-order chi connectivity index (χ0) is 47.5. The smallest absolute Gasteiger partial charge is 0.296 e. The minimum atomic E-state index is -5.29. The molecule has 0 atom stereocenters. The van der Waals surface area contributed by atoms with Gasteiger partial charge in [0.05, 0.1) is 29.2 Å². The molecule has 0 saturated carbocycles. The molecule has 0 aliphatic heterocycles. The predicted octanol–water partition coefficient (Wildman–Crippen LogP) is 4.27. The number of hydrogen-bond donors (Lipinski definition) is 9. The van der Waals surface area contributed by atoms with Crippen molar-refractivity contribution >= 4 is 81.2 Å². The number of hydrogen-bond acceptors (Lipinski definition) is 21. The summed E-state index contributed by atoms with van der Waals surface area (Å²) in [5, 5.41) is 73.4. The lowest BCUT2D eigenvalue weighted by molar-refractivity contribution is 0.0997. The first kappa shape index (κ1) is 48.0. The molecule has 1 aromatic heterocycles.